The van der Waals surface area contributed by atoms with Crippen molar-refractivity contribution in [3.63, 3.8) is 0 Å². The quantitative estimate of drug-likeness (QED) is 0.471. The van der Waals surface area contributed by atoms with Gasteiger partial charge in [-0.05, 0) is 19.3 Å². The predicted octanol–water partition coefficient (Wildman–Crippen LogP) is 0.670. The molecule has 2 aliphatic rings. The Labute approximate surface area is 124 Å². The van der Waals surface area contributed by atoms with E-state index in [-0.39, 0.29) is 24.0 Å². The van der Waals surface area contributed by atoms with E-state index in [9.17, 15) is 0 Å². The lowest BCUT2D eigenvalue weighted by atomic mass is 10.4. The molecule has 1 saturated carbocycles. The topological polar surface area (TPSA) is 67.1 Å². The number of nitrogens with one attached hydrogen (secondary N) is 2. The number of hydrogen-bond donors (Lipinski definition) is 2. The third-order valence-corrected chi connectivity index (χ3v) is 3.24. The number of hydrogen-bond acceptors (Lipinski definition) is 3. The van der Waals surface area contributed by atoms with Gasteiger partial charge in [0.1, 0.15) is 5.82 Å². The zero-order valence-electron chi connectivity index (χ0n) is 10.5. The summed E-state index contributed by atoms with van der Waals surface area (Å²) in [6.45, 7) is 1.74. The first-order valence-corrected chi connectivity index (χ1v) is 6.25. The maximum absolute atomic E-state index is 4.21. The number of aromatic nitrogens is 3. The number of aliphatic imine (C=N–C) groups is 1. The van der Waals surface area contributed by atoms with Gasteiger partial charge in [0, 0.05) is 26.1 Å². The molecule has 0 unspecified atom stereocenters. The van der Waals surface area contributed by atoms with Gasteiger partial charge >= 0.3 is 0 Å². The number of halogens is 1. The molecule has 0 saturated heterocycles. The molecule has 0 spiro atoms. The van der Waals surface area contributed by atoms with Crippen molar-refractivity contribution in [3.05, 3.63) is 11.6 Å². The third kappa shape index (κ3) is 2.93. The summed E-state index contributed by atoms with van der Waals surface area (Å²) in [5.41, 5.74) is 0. The minimum absolute atomic E-state index is 0. The SMILES string of the molecule is CN=C(NCc1nnc2n1CCC2)NC1CC1.I. The Morgan fingerprint density at radius 1 is 1.44 bits per heavy atom. The minimum atomic E-state index is 0. The van der Waals surface area contributed by atoms with E-state index in [1.54, 1.807) is 7.05 Å². The fourth-order valence-electron chi connectivity index (χ4n) is 2.12. The van der Waals surface area contributed by atoms with E-state index in [1.807, 2.05) is 0 Å². The van der Waals surface area contributed by atoms with Crippen molar-refractivity contribution in [2.24, 2.45) is 4.99 Å². The second-order valence-corrected chi connectivity index (χ2v) is 4.63. The van der Waals surface area contributed by atoms with Crippen molar-refractivity contribution in [3.8, 4) is 0 Å². The standard InChI is InChI=1S/C11H18N6.HI/c1-12-11(14-8-4-5-8)13-7-10-16-15-9-3-2-6-17(9)10;/h8H,2-7H2,1H3,(H2,12,13,14);1H. The van der Waals surface area contributed by atoms with Gasteiger partial charge in [-0.25, -0.2) is 0 Å². The second kappa shape index (κ2) is 5.85. The summed E-state index contributed by atoms with van der Waals surface area (Å²) in [4.78, 5) is 4.20. The molecule has 6 nitrogen and oxygen atoms in total. The highest BCUT2D eigenvalue weighted by molar-refractivity contribution is 14.0. The van der Waals surface area contributed by atoms with Gasteiger partial charge in [0.25, 0.3) is 0 Å². The first kappa shape index (κ1) is 13.6. The Morgan fingerprint density at radius 2 is 2.28 bits per heavy atom. The molecule has 0 bridgehead atoms. The van der Waals surface area contributed by atoms with Crippen LogP contribution in [0.5, 0.6) is 0 Å². The van der Waals surface area contributed by atoms with Crippen LogP contribution >= 0.6 is 24.0 Å². The molecule has 1 aliphatic carbocycles. The highest BCUT2D eigenvalue weighted by Crippen LogP contribution is 2.18. The molecule has 1 aromatic heterocycles. The molecule has 0 amide bonds. The maximum Gasteiger partial charge on any atom is 0.191 e. The lowest BCUT2D eigenvalue weighted by Crippen LogP contribution is -2.38. The highest BCUT2D eigenvalue weighted by atomic mass is 127. The second-order valence-electron chi connectivity index (χ2n) is 4.63. The molecule has 7 heteroatoms. The van der Waals surface area contributed by atoms with E-state index in [4.69, 9.17) is 0 Å². The van der Waals surface area contributed by atoms with E-state index in [1.165, 1.54) is 19.3 Å². The number of rotatable bonds is 3. The number of guanidine groups is 1. The average Bonchev–Trinajstić information content (AvgIpc) is 2.89. The Morgan fingerprint density at radius 3 is 3.00 bits per heavy atom. The van der Waals surface area contributed by atoms with Gasteiger partial charge in [-0.15, -0.1) is 34.2 Å². The van der Waals surface area contributed by atoms with Crippen LogP contribution in [0.25, 0.3) is 0 Å². The normalized spacial score (nSPS) is 18.2. The van der Waals surface area contributed by atoms with Crippen LogP contribution in [0.1, 0.15) is 30.9 Å². The van der Waals surface area contributed by atoms with Gasteiger partial charge in [-0.1, -0.05) is 0 Å². The van der Waals surface area contributed by atoms with E-state index in [0.29, 0.717) is 12.6 Å². The van der Waals surface area contributed by atoms with Crippen molar-refractivity contribution >= 4 is 29.9 Å². The molecule has 0 aromatic carbocycles. The highest BCUT2D eigenvalue weighted by Gasteiger charge is 2.22. The van der Waals surface area contributed by atoms with Crippen molar-refractivity contribution in [2.45, 2.75) is 44.8 Å². The molecule has 1 fully saturated rings. The fourth-order valence-corrected chi connectivity index (χ4v) is 2.12. The van der Waals surface area contributed by atoms with Crippen LogP contribution in [0, 0.1) is 0 Å². The fraction of sp³-hybridized carbons (Fsp3) is 0.727. The van der Waals surface area contributed by atoms with E-state index in [0.717, 1.165) is 30.6 Å². The third-order valence-electron chi connectivity index (χ3n) is 3.24. The first-order valence-electron chi connectivity index (χ1n) is 6.25. The summed E-state index contributed by atoms with van der Waals surface area (Å²) in [7, 11) is 1.80. The van der Waals surface area contributed by atoms with Crippen LogP contribution in [-0.2, 0) is 19.5 Å². The van der Waals surface area contributed by atoms with Crippen LogP contribution in [0.4, 0.5) is 0 Å². The zero-order chi connectivity index (χ0) is 11.7. The summed E-state index contributed by atoms with van der Waals surface area (Å²) in [6, 6.07) is 0.616. The van der Waals surface area contributed by atoms with Crippen LogP contribution in [-0.4, -0.2) is 33.8 Å². The van der Waals surface area contributed by atoms with Gasteiger partial charge in [-0.2, -0.15) is 0 Å². The Kier molecular flexibility index (Phi) is 4.41. The van der Waals surface area contributed by atoms with E-state index < -0.39 is 0 Å². The zero-order valence-corrected chi connectivity index (χ0v) is 12.8. The maximum atomic E-state index is 4.21. The average molecular weight is 362 g/mol. The number of nitrogens with zero attached hydrogens (tertiary/aromatic N) is 4. The molecule has 1 aliphatic heterocycles. The molecule has 1 aromatic rings. The summed E-state index contributed by atoms with van der Waals surface area (Å²) < 4.78 is 2.21. The monoisotopic (exact) mass is 362 g/mol. The van der Waals surface area contributed by atoms with Crippen LogP contribution in [0.15, 0.2) is 4.99 Å². The van der Waals surface area contributed by atoms with Gasteiger partial charge in [0.05, 0.1) is 6.54 Å². The molecule has 100 valence electrons. The largest absolute Gasteiger partial charge is 0.354 e. The van der Waals surface area contributed by atoms with Crippen molar-refractivity contribution < 1.29 is 0 Å². The summed E-state index contributed by atoms with van der Waals surface area (Å²) in [6.07, 6.45) is 4.75. The Balaban J connectivity index is 0.00000120. The molecule has 0 radical (unpaired) electrons. The first-order chi connectivity index (χ1) is 8.36. The predicted molar refractivity (Wildman–Crippen MR) is 80.1 cm³/mol. The molecular formula is C11H19IN6. The molecule has 0 atom stereocenters. The number of fused-ring (bicyclic) bond motifs is 1. The lowest BCUT2D eigenvalue weighted by Gasteiger charge is -2.10. The summed E-state index contributed by atoms with van der Waals surface area (Å²) in [5, 5.41) is 15.0. The molecular weight excluding hydrogens is 343 g/mol. The van der Waals surface area contributed by atoms with Crippen LogP contribution in [0.3, 0.4) is 0 Å². The number of aryl methyl sites for hydroxylation is 1. The minimum Gasteiger partial charge on any atom is -0.354 e. The Hall–Kier alpha value is -0.860. The summed E-state index contributed by atoms with van der Waals surface area (Å²) in [5.74, 6) is 2.99. The smallest absolute Gasteiger partial charge is 0.191 e. The van der Waals surface area contributed by atoms with E-state index >= 15 is 0 Å². The van der Waals surface area contributed by atoms with Crippen molar-refractivity contribution in [2.75, 3.05) is 7.05 Å². The van der Waals surface area contributed by atoms with E-state index in [2.05, 4.69) is 30.4 Å². The van der Waals surface area contributed by atoms with Crippen LogP contribution < -0.4 is 10.6 Å². The van der Waals surface area contributed by atoms with Gasteiger partial charge in [0.15, 0.2) is 11.8 Å². The van der Waals surface area contributed by atoms with Crippen LogP contribution in [0.2, 0.25) is 0 Å². The van der Waals surface area contributed by atoms with Crippen molar-refractivity contribution in [1.82, 2.24) is 25.4 Å². The van der Waals surface area contributed by atoms with Crippen molar-refractivity contribution in [1.29, 1.82) is 0 Å². The molecule has 3 rings (SSSR count). The van der Waals surface area contributed by atoms with Gasteiger partial charge in [0.2, 0.25) is 0 Å². The molecule has 2 heterocycles. The lowest BCUT2D eigenvalue weighted by molar-refractivity contribution is 0.662. The molecule has 18 heavy (non-hydrogen) atoms. The Bertz CT molecular complexity index is 437. The summed E-state index contributed by atoms with van der Waals surface area (Å²) >= 11 is 0. The molecule has 2 N–H and O–H groups in total. The van der Waals surface area contributed by atoms with Gasteiger partial charge < -0.3 is 15.2 Å². The van der Waals surface area contributed by atoms with Gasteiger partial charge in [-0.3, -0.25) is 4.99 Å².